The lowest BCUT2D eigenvalue weighted by Crippen LogP contribution is -2.16. The number of benzene rings is 7. The van der Waals surface area contributed by atoms with Gasteiger partial charge in [0.15, 0.2) is 0 Å². The molecule has 222 valence electrons. The molecule has 0 unspecified atom stereocenters. The fourth-order valence-electron chi connectivity index (χ4n) is 6.02. The number of halogens is 6. The molecule has 0 N–H and O–H groups in total. The third kappa shape index (κ3) is 5.46. The van der Waals surface area contributed by atoms with Crippen LogP contribution in [-0.4, -0.2) is 6.36 Å². The van der Waals surface area contributed by atoms with E-state index >= 15 is 0 Å². The summed E-state index contributed by atoms with van der Waals surface area (Å²) in [4.78, 5) is 0. The zero-order chi connectivity index (χ0) is 31.3. The molecular formula is C38H22F6O. The summed E-state index contributed by atoms with van der Waals surface area (Å²) < 4.78 is 83.9. The first-order valence-corrected chi connectivity index (χ1v) is 14.1. The zero-order valence-electron chi connectivity index (χ0n) is 23.4. The Kier molecular flexibility index (Phi) is 6.77. The number of rotatable bonds is 4. The van der Waals surface area contributed by atoms with Gasteiger partial charge in [-0.15, -0.1) is 13.2 Å². The molecule has 0 saturated heterocycles. The lowest BCUT2D eigenvalue weighted by atomic mass is 9.84. The van der Waals surface area contributed by atoms with E-state index in [1.54, 1.807) is 6.07 Å². The van der Waals surface area contributed by atoms with E-state index in [0.717, 1.165) is 50.2 Å². The third-order valence-electron chi connectivity index (χ3n) is 7.96. The highest BCUT2D eigenvalue weighted by Crippen LogP contribution is 2.46. The van der Waals surface area contributed by atoms with Crippen molar-refractivity contribution < 1.29 is 31.1 Å². The minimum atomic E-state index is -4.81. The Hall–Kier alpha value is -5.30. The number of hydrogen-bond acceptors (Lipinski definition) is 1. The van der Waals surface area contributed by atoms with Crippen molar-refractivity contribution in [1.29, 1.82) is 0 Å². The average Bonchev–Trinajstić information content (AvgIpc) is 3.02. The van der Waals surface area contributed by atoms with Gasteiger partial charge in [-0.05, 0) is 102 Å². The van der Waals surface area contributed by atoms with E-state index in [4.69, 9.17) is 0 Å². The predicted molar refractivity (Wildman–Crippen MR) is 167 cm³/mol. The Bertz CT molecular complexity index is 2210. The maximum Gasteiger partial charge on any atom is 0.573 e. The summed E-state index contributed by atoms with van der Waals surface area (Å²) in [5.41, 5.74) is 3.48. The van der Waals surface area contributed by atoms with Gasteiger partial charge in [-0.3, -0.25) is 0 Å². The van der Waals surface area contributed by atoms with Gasteiger partial charge < -0.3 is 4.74 Å². The molecule has 0 bridgehead atoms. The monoisotopic (exact) mass is 608 g/mol. The Labute approximate surface area is 253 Å². The topological polar surface area (TPSA) is 9.23 Å². The lowest BCUT2D eigenvalue weighted by Gasteiger charge is -2.19. The van der Waals surface area contributed by atoms with E-state index in [9.17, 15) is 26.3 Å². The Balaban J connectivity index is 1.53. The van der Waals surface area contributed by atoms with Crippen LogP contribution in [0.4, 0.5) is 26.3 Å². The van der Waals surface area contributed by atoms with Crippen LogP contribution >= 0.6 is 0 Å². The molecule has 0 aromatic heterocycles. The van der Waals surface area contributed by atoms with Crippen LogP contribution in [0.15, 0.2) is 133 Å². The smallest absolute Gasteiger partial charge is 0.406 e. The van der Waals surface area contributed by atoms with Gasteiger partial charge in [0.05, 0.1) is 5.56 Å². The summed E-state index contributed by atoms with van der Waals surface area (Å²) in [6.07, 6.45) is -9.34. The van der Waals surface area contributed by atoms with E-state index < -0.39 is 18.1 Å². The van der Waals surface area contributed by atoms with Gasteiger partial charge >= 0.3 is 12.5 Å². The number of hydrogen-bond donors (Lipinski definition) is 0. The van der Waals surface area contributed by atoms with Crippen LogP contribution in [-0.2, 0) is 6.18 Å². The summed E-state index contributed by atoms with van der Waals surface area (Å²) in [5.74, 6) is -0.346. The molecule has 0 saturated carbocycles. The van der Waals surface area contributed by atoms with Crippen molar-refractivity contribution in [3.05, 3.63) is 139 Å². The SMILES string of the molecule is FC(F)(F)Oc1ccc(-c2ccc3c(-c4ccc5ccccc5c4)c4ccccc4c(-c4cccc(C(F)(F)F)c4)c3c2)cc1. The molecule has 0 heterocycles. The van der Waals surface area contributed by atoms with E-state index in [1.165, 1.54) is 30.3 Å². The van der Waals surface area contributed by atoms with Crippen molar-refractivity contribution in [3.63, 3.8) is 0 Å². The number of alkyl halides is 6. The Morgan fingerprint density at radius 3 is 1.67 bits per heavy atom. The first kappa shape index (κ1) is 28.5. The molecule has 7 rings (SSSR count). The summed E-state index contributed by atoms with van der Waals surface area (Å²) in [7, 11) is 0. The third-order valence-corrected chi connectivity index (χ3v) is 7.96. The molecule has 45 heavy (non-hydrogen) atoms. The van der Waals surface area contributed by atoms with Crippen LogP contribution in [0.25, 0.3) is 65.7 Å². The first-order valence-electron chi connectivity index (χ1n) is 14.1. The molecular weight excluding hydrogens is 586 g/mol. The molecule has 0 aliphatic rings. The van der Waals surface area contributed by atoms with Gasteiger partial charge in [0.1, 0.15) is 5.75 Å². The van der Waals surface area contributed by atoms with Crippen LogP contribution in [0, 0.1) is 0 Å². The van der Waals surface area contributed by atoms with E-state index in [-0.39, 0.29) is 5.75 Å². The highest BCUT2D eigenvalue weighted by molar-refractivity contribution is 6.22. The molecule has 0 atom stereocenters. The van der Waals surface area contributed by atoms with Crippen LogP contribution in [0.1, 0.15) is 5.56 Å². The van der Waals surface area contributed by atoms with E-state index in [2.05, 4.69) is 10.8 Å². The minimum absolute atomic E-state index is 0.346. The number of fused-ring (bicyclic) bond motifs is 3. The summed E-state index contributed by atoms with van der Waals surface area (Å²) in [6, 6.07) is 38.3. The summed E-state index contributed by atoms with van der Waals surface area (Å²) in [6.45, 7) is 0. The van der Waals surface area contributed by atoms with Crippen LogP contribution in [0.5, 0.6) is 5.75 Å². The molecule has 7 aromatic carbocycles. The average molecular weight is 609 g/mol. The highest BCUT2D eigenvalue weighted by Gasteiger charge is 2.32. The standard InChI is InChI=1S/C38H22F6O/c39-37(40,41)29-9-5-8-27(21-29)36-32-11-4-3-10-31(32)35(28-13-12-23-6-1-2-7-25(23)20-28)33-19-16-26(22-34(33)36)24-14-17-30(18-15-24)45-38(42,43)44/h1-22H. The largest absolute Gasteiger partial charge is 0.573 e. The van der Waals surface area contributed by atoms with Crippen LogP contribution in [0.2, 0.25) is 0 Å². The van der Waals surface area contributed by atoms with Crippen molar-refractivity contribution in [3.8, 4) is 39.1 Å². The van der Waals surface area contributed by atoms with E-state index in [0.29, 0.717) is 27.6 Å². The quantitative estimate of drug-likeness (QED) is 0.143. The van der Waals surface area contributed by atoms with Crippen LogP contribution < -0.4 is 4.74 Å². The first-order chi connectivity index (χ1) is 21.5. The fourth-order valence-corrected chi connectivity index (χ4v) is 6.02. The maximum absolute atomic E-state index is 13.9. The molecule has 0 amide bonds. The van der Waals surface area contributed by atoms with Gasteiger partial charge in [0.2, 0.25) is 0 Å². The lowest BCUT2D eigenvalue weighted by molar-refractivity contribution is -0.274. The summed E-state index contributed by atoms with van der Waals surface area (Å²) >= 11 is 0. The Morgan fingerprint density at radius 2 is 0.978 bits per heavy atom. The second-order valence-electron chi connectivity index (χ2n) is 10.8. The van der Waals surface area contributed by atoms with Gasteiger partial charge in [0, 0.05) is 0 Å². The minimum Gasteiger partial charge on any atom is -0.406 e. The Morgan fingerprint density at radius 1 is 0.400 bits per heavy atom. The van der Waals surface area contributed by atoms with Crippen LogP contribution in [0.3, 0.4) is 0 Å². The molecule has 0 aliphatic carbocycles. The maximum atomic E-state index is 13.9. The van der Waals surface area contributed by atoms with Crippen molar-refractivity contribution in [1.82, 2.24) is 0 Å². The zero-order valence-corrected chi connectivity index (χ0v) is 23.4. The molecule has 0 spiro atoms. The normalized spacial score (nSPS) is 12.2. The second kappa shape index (κ2) is 10.7. The van der Waals surface area contributed by atoms with Crippen molar-refractivity contribution in [2.75, 3.05) is 0 Å². The second-order valence-corrected chi connectivity index (χ2v) is 10.8. The van der Waals surface area contributed by atoms with E-state index in [1.807, 2.05) is 78.9 Å². The van der Waals surface area contributed by atoms with Gasteiger partial charge in [-0.2, -0.15) is 13.2 Å². The van der Waals surface area contributed by atoms with Crippen molar-refractivity contribution in [2.24, 2.45) is 0 Å². The molecule has 0 fully saturated rings. The van der Waals surface area contributed by atoms with Crippen molar-refractivity contribution in [2.45, 2.75) is 12.5 Å². The van der Waals surface area contributed by atoms with Gasteiger partial charge in [0.25, 0.3) is 0 Å². The summed E-state index contributed by atoms with van der Waals surface area (Å²) in [5, 5.41) is 5.33. The van der Waals surface area contributed by atoms with Gasteiger partial charge in [-0.1, -0.05) is 97.1 Å². The molecule has 7 heteroatoms. The molecule has 0 radical (unpaired) electrons. The molecule has 1 nitrogen and oxygen atoms in total. The number of ether oxygens (including phenoxy) is 1. The molecule has 0 aliphatic heterocycles. The van der Waals surface area contributed by atoms with Crippen molar-refractivity contribution >= 4 is 32.3 Å². The van der Waals surface area contributed by atoms with Gasteiger partial charge in [-0.25, -0.2) is 0 Å². The highest BCUT2D eigenvalue weighted by atomic mass is 19.4. The molecule has 7 aromatic rings. The fraction of sp³-hybridized carbons (Fsp3) is 0.0526. The predicted octanol–water partition coefficient (Wildman–Crippen LogP) is 12.1.